The molecule has 3 aliphatic rings. The minimum absolute atomic E-state index is 0.218. The van der Waals surface area contributed by atoms with Crippen LogP contribution in [0.1, 0.15) is 71.5 Å². The molecule has 1 N–H and O–H groups in total. The van der Waals surface area contributed by atoms with Gasteiger partial charge in [0.15, 0.2) is 10.9 Å². The molecule has 0 fully saturated rings. The summed E-state index contributed by atoms with van der Waals surface area (Å²) in [5, 5.41) is 0.809. The molecule has 0 amide bonds. The Balaban J connectivity index is 1.43. The smallest absolute Gasteiger partial charge is 0.181 e. The fourth-order valence-electron chi connectivity index (χ4n) is 4.78. The largest absolute Gasteiger partial charge is 0.452 e. The average molecular weight is 368 g/mol. The lowest BCUT2D eigenvalue weighted by Gasteiger charge is -2.26. The summed E-state index contributed by atoms with van der Waals surface area (Å²) in [6.07, 6.45) is 9.00. The number of hydrogen-bond donors (Lipinski definition) is 1. The van der Waals surface area contributed by atoms with Gasteiger partial charge in [-0.1, -0.05) is 19.9 Å². The van der Waals surface area contributed by atoms with Gasteiger partial charge in [0, 0.05) is 29.9 Å². The maximum atomic E-state index is 12.6. The summed E-state index contributed by atoms with van der Waals surface area (Å²) in [5.41, 5.74) is 7.92. The van der Waals surface area contributed by atoms with Crippen LogP contribution in [0.2, 0.25) is 0 Å². The second-order valence-electron chi connectivity index (χ2n) is 8.55. The van der Waals surface area contributed by atoms with Crippen molar-refractivity contribution >= 4 is 23.4 Å². The van der Waals surface area contributed by atoms with Crippen LogP contribution in [0, 0.1) is 5.41 Å². The zero-order chi connectivity index (χ0) is 17.9. The van der Waals surface area contributed by atoms with E-state index < -0.39 is 0 Å². The van der Waals surface area contributed by atoms with Gasteiger partial charge >= 0.3 is 0 Å². The van der Waals surface area contributed by atoms with Crippen molar-refractivity contribution in [3.63, 3.8) is 0 Å². The molecule has 3 aliphatic carbocycles. The number of furan rings is 1. The summed E-state index contributed by atoms with van der Waals surface area (Å²) in [5.74, 6) is 1.08. The average Bonchev–Trinajstić information content (AvgIpc) is 3.33. The topological polar surface area (TPSA) is 42.2 Å². The normalized spacial score (nSPS) is 20.0. The van der Waals surface area contributed by atoms with Gasteiger partial charge in [-0.05, 0) is 67.2 Å². The number of anilines is 1. The minimum atomic E-state index is -0.271. The third-order valence-corrected chi connectivity index (χ3v) is 7.06. The van der Waals surface area contributed by atoms with Crippen molar-refractivity contribution in [3.8, 4) is 0 Å². The first-order valence-electron chi connectivity index (χ1n) is 9.80. The number of aryl methyl sites for hydroxylation is 3. The van der Waals surface area contributed by atoms with Crippen LogP contribution in [0.5, 0.6) is 0 Å². The van der Waals surface area contributed by atoms with Crippen LogP contribution < -0.4 is 4.72 Å². The fourth-order valence-corrected chi connectivity index (χ4v) is 5.55. The molecule has 5 rings (SSSR count). The van der Waals surface area contributed by atoms with Gasteiger partial charge in [0.2, 0.25) is 0 Å². The molecule has 0 spiro atoms. The quantitative estimate of drug-likeness (QED) is 0.724. The Bertz CT molecular complexity index is 877. The van der Waals surface area contributed by atoms with Crippen LogP contribution in [0.3, 0.4) is 0 Å². The lowest BCUT2D eigenvalue weighted by Crippen LogP contribution is -2.29. The zero-order valence-corrected chi connectivity index (χ0v) is 16.4. The molecule has 0 saturated carbocycles. The zero-order valence-electron chi connectivity index (χ0n) is 15.5. The highest BCUT2D eigenvalue weighted by atomic mass is 32.2. The van der Waals surface area contributed by atoms with E-state index in [0.29, 0.717) is 0 Å². The Morgan fingerprint density at radius 2 is 1.69 bits per heavy atom. The third kappa shape index (κ3) is 2.53. The van der Waals surface area contributed by atoms with Gasteiger partial charge in [-0.3, -0.25) is 4.79 Å². The molecule has 0 unspecified atom stereocenters. The molecule has 0 bridgehead atoms. The van der Waals surface area contributed by atoms with Crippen LogP contribution in [-0.4, -0.2) is 5.78 Å². The Labute approximate surface area is 159 Å². The Hall–Kier alpha value is -1.68. The lowest BCUT2D eigenvalue weighted by atomic mass is 9.76. The van der Waals surface area contributed by atoms with Gasteiger partial charge in [-0.15, -0.1) is 0 Å². The summed E-state index contributed by atoms with van der Waals surface area (Å²) in [4.78, 5) is 12.6. The fraction of sp³-hybridized carbons (Fsp3) is 0.500. The van der Waals surface area contributed by atoms with E-state index in [0.717, 1.165) is 29.3 Å². The van der Waals surface area contributed by atoms with Crippen LogP contribution in [0.15, 0.2) is 21.6 Å². The number of hydrogen-bond acceptors (Lipinski definition) is 4. The van der Waals surface area contributed by atoms with Crippen LogP contribution >= 0.6 is 11.9 Å². The van der Waals surface area contributed by atoms with E-state index in [9.17, 15) is 4.79 Å². The van der Waals surface area contributed by atoms with Gasteiger partial charge in [-0.2, -0.15) is 0 Å². The molecule has 4 heteroatoms. The van der Waals surface area contributed by atoms with Gasteiger partial charge < -0.3 is 9.14 Å². The van der Waals surface area contributed by atoms with E-state index in [4.69, 9.17) is 4.42 Å². The predicted octanol–water partition coefficient (Wildman–Crippen LogP) is 5.53. The molecule has 0 saturated heterocycles. The van der Waals surface area contributed by atoms with Crippen molar-refractivity contribution < 1.29 is 9.21 Å². The Kier molecular flexibility index (Phi) is 3.75. The summed E-state index contributed by atoms with van der Waals surface area (Å²) in [6.45, 7) is 4.07. The van der Waals surface area contributed by atoms with E-state index in [1.165, 1.54) is 78.4 Å². The van der Waals surface area contributed by atoms with Crippen molar-refractivity contribution in [2.24, 2.45) is 5.41 Å². The maximum Gasteiger partial charge on any atom is 0.181 e. The Morgan fingerprint density at radius 3 is 2.38 bits per heavy atom. The van der Waals surface area contributed by atoms with E-state index in [2.05, 4.69) is 10.8 Å². The van der Waals surface area contributed by atoms with E-state index in [-0.39, 0.29) is 11.2 Å². The monoisotopic (exact) mass is 367 g/mol. The molecule has 3 nitrogen and oxygen atoms in total. The number of carbonyl (C=O) groups excluding carboxylic acids is 1. The molecule has 0 aliphatic heterocycles. The number of Topliss-reactive ketones (excluding diaryl/α,β-unsaturated/α-hetero) is 1. The van der Waals surface area contributed by atoms with Gasteiger partial charge in [-0.25, -0.2) is 0 Å². The van der Waals surface area contributed by atoms with Crippen molar-refractivity contribution in [3.05, 3.63) is 45.7 Å². The molecule has 2 aromatic rings. The van der Waals surface area contributed by atoms with E-state index >= 15 is 0 Å². The van der Waals surface area contributed by atoms with Crippen molar-refractivity contribution in [1.82, 2.24) is 0 Å². The predicted molar refractivity (Wildman–Crippen MR) is 105 cm³/mol. The molecular formula is C22H25NO2S. The standard InChI is InChI=1S/C22H25NO2S/c1-22(2)10-9-18-17(21(22)24)12-19(25-18)26-23-20-15-7-3-5-13(15)11-14-6-4-8-16(14)20/h11-12,23H,3-10H2,1-2H3. The Morgan fingerprint density at radius 1 is 1.00 bits per heavy atom. The molecular weight excluding hydrogens is 342 g/mol. The SMILES string of the molecule is CC1(C)CCc2oc(SNc3c4c(cc5c3CCC5)CCC4)cc2C1=O. The van der Waals surface area contributed by atoms with Gasteiger partial charge in [0.25, 0.3) is 0 Å². The molecule has 136 valence electrons. The minimum Gasteiger partial charge on any atom is -0.452 e. The molecule has 1 aromatic heterocycles. The first-order valence-corrected chi connectivity index (χ1v) is 10.6. The van der Waals surface area contributed by atoms with Crippen molar-refractivity contribution in [2.45, 2.75) is 70.3 Å². The first kappa shape index (κ1) is 16.5. The molecule has 26 heavy (non-hydrogen) atoms. The van der Waals surface area contributed by atoms with E-state index in [1.807, 2.05) is 19.9 Å². The van der Waals surface area contributed by atoms with E-state index in [1.54, 1.807) is 0 Å². The number of ketones is 1. The van der Waals surface area contributed by atoms with Crippen LogP contribution in [0.4, 0.5) is 5.69 Å². The molecule has 1 aromatic carbocycles. The number of rotatable bonds is 3. The van der Waals surface area contributed by atoms with Gasteiger partial charge in [0.05, 0.1) is 11.3 Å². The highest BCUT2D eigenvalue weighted by Crippen LogP contribution is 2.42. The second-order valence-corrected chi connectivity index (χ2v) is 9.36. The summed E-state index contributed by atoms with van der Waals surface area (Å²) in [6, 6.07) is 4.40. The first-order chi connectivity index (χ1) is 12.5. The summed E-state index contributed by atoms with van der Waals surface area (Å²) >= 11 is 1.53. The number of carbonyl (C=O) groups is 1. The van der Waals surface area contributed by atoms with Crippen molar-refractivity contribution in [2.75, 3.05) is 4.72 Å². The number of nitrogens with one attached hydrogen (secondary N) is 1. The summed E-state index contributed by atoms with van der Waals surface area (Å²) in [7, 11) is 0. The van der Waals surface area contributed by atoms with Crippen molar-refractivity contribution in [1.29, 1.82) is 0 Å². The molecule has 0 radical (unpaired) electrons. The molecule has 1 heterocycles. The summed E-state index contributed by atoms with van der Waals surface area (Å²) < 4.78 is 9.63. The number of fused-ring (bicyclic) bond motifs is 3. The highest BCUT2D eigenvalue weighted by Gasteiger charge is 2.36. The number of benzene rings is 1. The maximum absolute atomic E-state index is 12.6. The van der Waals surface area contributed by atoms with Crippen LogP contribution in [-0.2, 0) is 32.1 Å². The molecule has 0 atom stereocenters. The third-order valence-electron chi connectivity index (χ3n) is 6.35. The highest BCUT2D eigenvalue weighted by molar-refractivity contribution is 8.00. The lowest BCUT2D eigenvalue weighted by molar-refractivity contribution is 0.0804. The van der Waals surface area contributed by atoms with Crippen LogP contribution in [0.25, 0.3) is 0 Å². The second kappa shape index (κ2) is 5.91. The van der Waals surface area contributed by atoms with Gasteiger partial charge in [0.1, 0.15) is 5.76 Å².